The van der Waals surface area contributed by atoms with Gasteiger partial charge in [0.1, 0.15) is 5.75 Å². The summed E-state index contributed by atoms with van der Waals surface area (Å²) in [6.45, 7) is 1.40. The molecule has 5 heteroatoms. The lowest BCUT2D eigenvalue weighted by Gasteiger charge is -2.13. The van der Waals surface area contributed by atoms with Crippen molar-refractivity contribution < 1.29 is 19.4 Å². The average Bonchev–Trinajstić information content (AvgIpc) is 2.92. The van der Waals surface area contributed by atoms with Gasteiger partial charge >= 0.3 is 5.97 Å². The lowest BCUT2D eigenvalue weighted by atomic mass is 10.1. The Bertz CT molecular complexity index is 493. The Balaban J connectivity index is 1.99. The first-order valence-corrected chi connectivity index (χ1v) is 7.40. The largest absolute Gasteiger partial charge is 0.492 e. The molecule has 0 saturated carbocycles. The first kappa shape index (κ1) is 15.1. The van der Waals surface area contributed by atoms with Crippen molar-refractivity contribution in [3.63, 3.8) is 0 Å². The Kier molecular flexibility index (Phi) is 5.61. The summed E-state index contributed by atoms with van der Waals surface area (Å²) in [5.41, 5.74) is 0.745. The van der Waals surface area contributed by atoms with E-state index in [0.717, 1.165) is 42.0 Å². The van der Waals surface area contributed by atoms with Crippen LogP contribution in [-0.4, -0.2) is 30.4 Å². The van der Waals surface area contributed by atoms with Crippen LogP contribution in [0.3, 0.4) is 0 Å². The molecule has 0 spiro atoms. The Morgan fingerprint density at radius 3 is 3.10 bits per heavy atom. The summed E-state index contributed by atoms with van der Waals surface area (Å²) >= 11 is 3.43. The summed E-state index contributed by atoms with van der Waals surface area (Å²) in [6.07, 6.45) is 5.99. The molecule has 1 saturated heterocycles. The van der Waals surface area contributed by atoms with Crippen molar-refractivity contribution in [1.82, 2.24) is 0 Å². The van der Waals surface area contributed by atoms with E-state index in [1.54, 1.807) is 0 Å². The van der Waals surface area contributed by atoms with Crippen LogP contribution in [0.5, 0.6) is 5.75 Å². The zero-order chi connectivity index (χ0) is 14.4. The topological polar surface area (TPSA) is 55.8 Å². The van der Waals surface area contributed by atoms with E-state index in [0.29, 0.717) is 12.4 Å². The van der Waals surface area contributed by atoms with Crippen LogP contribution in [0.4, 0.5) is 0 Å². The molecule has 1 aliphatic rings. The number of halogens is 1. The van der Waals surface area contributed by atoms with Crippen molar-refractivity contribution in [1.29, 1.82) is 0 Å². The van der Waals surface area contributed by atoms with Gasteiger partial charge in [-0.05, 0) is 40.9 Å². The molecular weight excluding hydrogens is 324 g/mol. The summed E-state index contributed by atoms with van der Waals surface area (Å²) in [6, 6.07) is 5.55. The van der Waals surface area contributed by atoms with E-state index in [1.165, 1.54) is 6.08 Å². The highest BCUT2D eigenvalue weighted by atomic mass is 79.9. The van der Waals surface area contributed by atoms with Gasteiger partial charge in [0.15, 0.2) is 0 Å². The highest BCUT2D eigenvalue weighted by molar-refractivity contribution is 9.10. The Hall–Kier alpha value is -1.33. The normalized spacial score (nSPS) is 18.6. The summed E-state index contributed by atoms with van der Waals surface area (Å²) < 4.78 is 12.2. The SMILES string of the molecule is O=C(O)C=Cc1cccc(Br)c1OCCC1CCCO1. The van der Waals surface area contributed by atoms with E-state index in [-0.39, 0.29) is 6.10 Å². The van der Waals surface area contributed by atoms with Crippen LogP contribution in [0.2, 0.25) is 0 Å². The predicted octanol–water partition coefficient (Wildman–Crippen LogP) is 3.49. The fraction of sp³-hybridized carbons (Fsp3) is 0.400. The minimum Gasteiger partial charge on any atom is -0.492 e. The number of hydrogen-bond acceptors (Lipinski definition) is 3. The van der Waals surface area contributed by atoms with Gasteiger partial charge in [0, 0.05) is 24.7 Å². The van der Waals surface area contributed by atoms with Crippen molar-refractivity contribution in [3.05, 3.63) is 34.3 Å². The van der Waals surface area contributed by atoms with Gasteiger partial charge in [-0.1, -0.05) is 12.1 Å². The zero-order valence-corrected chi connectivity index (χ0v) is 12.6. The predicted molar refractivity (Wildman–Crippen MR) is 79.9 cm³/mol. The molecule has 20 heavy (non-hydrogen) atoms. The lowest BCUT2D eigenvalue weighted by Crippen LogP contribution is -2.11. The highest BCUT2D eigenvalue weighted by Gasteiger charge is 2.15. The molecule has 1 heterocycles. The van der Waals surface area contributed by atoms with Gasteiger partial charge in [-0.2, -0.15) is 0 Å². The highest BCUT2D eigenvalue weighted by Crippen LogP contribution is 2.30. The second kappa shape index (κ2) is 7.45. The number of para-hydroxylation sites is 1. The Morgan fingerprint density at radius 2 is 2.40 bits per heavy atom. The van der Waals surface area contributed by atoms with Gasteiger partial charge in [0.05, 0.1) is 17.2 Å². The Labute approximate surface area is 126 Å². The molecule has 0 aromatic heterocycles. The smallest absolute Gasteiger partial charge is 0.328 e. The molecule has 1 aliphatic heterocycles. The first-order chi connectivity index (χ1) is 9.66. The zero-order valence-electron chi connectivity index (χ0n) is 11.0. The first-order valence-electron chi connectivity index (χ1n) is 6.61. The summed E-state index contributed by atoms with van der Waals surface area (Å²) in [4.78, 5) is 10.6. The van der Waals surface area contributed by atoms with Gasteiger partial charge < -0.3 is 14.6 Å². The molecule has 4 nitrogen and oxygen atoms in total. The van der Waals surface area contributed by atoms with Crippen LogP contribution in [-0.2, 0) is 9.53 Å². The van der Waals surface area contributed by atoms with Gasteiger partial charge in [-0.3, -0.25) is 0 Å². The van der Waals surface area contributed by atoms with Gasteiger partial charge in [-0.15, -0.1) is 0 Å². The number of rotatable bonds is 6. The van der Waals surface area contributed by atoms with Crippen molar-refractivity contribution in [3.8, 4) is 5.75 Å². The van der Waals surface area contributed by atoms with Crippen LogP contribution in [0.25, 0.3) is 6.08 Å². The number of aliphatic carboxylic acids is 1. The standard InChI is InChI=1S/C15H17BrO4/c16-13-5-1-3-11(6-7-14(17)18)15(13)20-10-8-12-4-2-9-19-12/h1,3,5-7,12H,2,4,8-10H2,(H,17,18). The van der Waals surface area contributed by atoms with Crippen molar-refractivity contribution >= 4 is 28.0 Å². The number of benzene rings is 1. The van der Waals surface area contributed by atoms with Crippen LogP contribution < -0.4 is 4.74 Å². The summed E-state index contributed by atoms with van der Waals surface area (Å²) in [5, 5.41) is 8.70. The maximum Gasteiger partial charge on any atom is 0.328 e. The second-order valence-corrected chi connectivity index (χ2v) is 5.46. The number of carbonyl (C=O) groups is 1. The fourth-order valence-electron chi connectivity index (χ4n) is 2.13. The lowest BCUT2D eigenvalue weighted by molar-refractivity contribution is -0.131. The molecule has 0 amide bonds. The Morgan fingerprint density at radius 1 is 1.55 bits per heavy atom. The molecule has 2 rings (SSSR count). The van der Waals surface area contributed by atoms with E-state index in [9.17, 15) is 4.79 Å². The maximum absolute atomic E-state index is 10.6. The maximum atomic E-state index is 10.6. The van der Waals surface area contributed by atoms with Crippen molar-refractivity contribution in [2.24, 2.45) is 0 Å². The number of ether oxygens (including phenoxy) is 2. The number of carboxylic acids is 1. The number of hydrogen-bond donors (Lipinski definition) is 1. The minimum absolute atomic E-state index is 0.287. The molecule has 1 unspecified atom stereocenters. The van der Waals surface area contributed by atoms with Gasteiger partial charge in [-0.25, -0.2) is 4.79 Å². The molecular formula is C15H17BrO4. The quantitative estimate of drug-likeness (QED) is 0.805. The average molecular weight is 341 g/mol. The van der Waals surface area contributed by atoms with E-state index in [4.69, 9.17) is 14.6 Å². The third-order valence-corrected chi connectivity index (χ3v) is 3.74. The molecule has 1 N–H and O–H groups in total. The molecule has 0 radical (unpaired) electrons. The second-order valence-electron chi connectivity index (χ2n) is 4.60. The van der Waals surface area contributed by atoms with Crippen molar-refractivity contribution in [2.45, 2.75) is 25.4 Å². The summed E-state index contributed by atoms with van der Waals surface area (Å²) in [7, 11) is 0. The van der Waals surface area contributed by atoms with E-state index in [2.05, 4.69) is 15.9 Å². The number of carboxylic acid groups (broad SMARTS) is 1. The molecule has 108 valence electrons. The van der Waals surface area contributed by atoms with Gasteiger partial charge in [0.25, 0.3) is 0 Å². The van der Waals surface area contributed by atoms with Crippen molar-refractivity contribution in [2.75, 3.05) is 13.2 Å². The van der Waals surface area contributed by atoms with Gasteiger partial charge in [0.2, 0.25) is 0 Å². The van der Waals surface area contributed by atoms with Crippen LogP contribution in [0, 0.1) is 0 Å². The molecule has 0 aliphatic carbocycles. The van der Waals surface area contributed by atoms with Crippen LogP contribution >= 0.6 is 15.9 Å². The third-order valence-electron chi connectivity index (χ3n) is 3.11. The fourth-order valence-corrected chi connectivity index (χ4v) is 2.63. The van der Waals surface area contributed by atoms with E-state index < -0.39 is 5.97 Å². The van der Waals surface area contributed by atoms with Crippen LogP contribution in [0.15, 0.2) is 28.7 Å². The van der Waals surface area contributed by atoms with Crippen LogP contribution in [0.1, 0.15) is 24.8 Å². The minimum atomic E-state index is -0.977. The summed E-state index contributed by atoms with van der Waals surface area (Å²) in [5.74, 6) is -0.307. The van der Waals surface area contributed by atoms with E-state index >= 15 is 0 Å². The third kappa shape index (κ3) is 4.35. The monoisotopic (exact) mass is 340 g/mol. The molecule has 0 bridgehead atoms. The molecule has 1 fully saturated rings. The molecule has 1 atom stereocenters. The molecule has 1 aromatic rings. The molecule has 1 aromatic carbocycles. The van der Waals surface area contributed by atoms with E-state index in [1.807, 2.05) is 18.2 Å².